The molecule has 0 spiro atoms. The summed E-state index contributed by atoms with van der Waals surface area (Å²) < 4.78 is 43.4. The Kier molecular flexibility index (Phi) is 13.4. The van der Waals surface area contributed by atoms with Gasteiger partial charge in [0.25, 0.3) is 0 Å². The van der Waals surface area contributed by atoms with Crippen LogP contribution in [0.25, 0.3) is 0 Å². The lowest BCUT2D eigenvalue weighted by molar-refractivity contribution is -0.140. The van der Waals surface area contributed by atoms with Crippen molar-refractivity contribution in [2.75, 3.05) is 20.2 Å². The first kappa shape index (κ1) is 34.9. The molecule has 0 aliphatic carbocycles. The Morgan fingerprint density at radius 2 is 1.49 bits per heavy atom. The molecule has 1 aromatic rings. The quantitative estimate of drug-likeness (QED) is 0.177. The highest BCUT2D eigenvalue weighted by Crippen LogP contribution is 2.43. The fourth-order valence-electron chi connectivity index (χ4n) is 4.98. The van der Waals surface area contributed by atoms with Gasteiger partial charge >= 0.3 is 12.1 Å². The molecule has 0 fully saturated rings. The topological polar surface area (TPSA) is 99.2 Å². The molecular weight excluding hydrogens is 534 g/mol. The Morgan fingerprint density at radius 1 is 0.949 bits per heavy atom. The van der Waals surface area contributed by atoms with Gasteiger partial charge in [-0.2, -0.15) is 0 Å². The van der Waals surface area contributed by atoms with Crippen LogP contribution in [0.2, 0.25) is 16.6 Å². The largest absolute Gasteiger partial charge is 0.469 e. The molecule has 0 radical (unpaired) electrons. The van der Waals surface area contributed by atoms with Crippen LogP contribution in [0.1, 0.15) is 75.2 Å². The van der Waals surface area contributed by atoms with Crippen molar-refractivity contribution in [1.29, 1.82) is 0 Å². The van der Waals surface area contributed by atoms with Gasteiger partial charge in [-0.3, -0.25) is 4.79 Å². The van der Waals surface area contributed by atoms with Crippen LogP contribution in [0.4, 0.5) is 4.79 Å². The maximum Gasteiger partial charge on any atom is 0.410 e. The lowest BCUT2D eigenvalue weighted by Crippen LogP contribution is -2.50. The van der Waals surface area contributed by atoms with E-state index in [1.165, 1.54) is 17.4 Å². The van der Waals surface area contributed by atoms with Crippen molar-refractivity contribution in [1.82, 2.24) is 4.90 Å². The fraction of sp³-hybridized carbons (Fsp3) is 0.655. The minimum absolute atomic E-state index is 0.0160. The predicted octanol–water partition coefficient (Wildman–Crippen LogP) is 6.73. The van der Waals surface area contributed by atoms with Crippen molar-refractivity contribution in [2.45, 2.75) is 108 Å². The smallest absolute Gasteiger partial charge is 0.410 e. The molecule has 1 amide bonds. The van der Waals surface area contributed by atoms with E-state index in [0.717, 1.165) is 0 Å². The van der Waals surface area contributed by atoms with Crippen LogP contribution in [0, 0.1) is 0 Å². The number of sulfone groups is 1. The third kappa shape index (κ3) is 10.7. The molecule has 0 heterocycles. The maximum atomic E-state index is 13.1. The summed E-state index contributed by atoms with van der Waals surface area (Å²) in [5.74, 6) is -0.434. The van der Waals surface area contributed by atoms with Crippen molar-refractivity contribution in [2.24, 2.45) is 0 Å². The van der Waals surface area contributed by atoms with Crippen LogP contribution in [-0.2, 0) is 28.5 Å². The van der Waals surface area contributed by atoms with Gasteiger partial charge in [-0.05, 0) is 62.0 Å². The molecule has 10 heteroatoms. The van der Waals surface area contributed by atoms with Gasteiger partial charge in [-0.1, -0.05) is 59.7 Å². The second-order valence-electron chi connectivity index (χ2n) is 11.7. The van der Waals surface area contributed by atoms with Gasteiger partial charge in [0, 0.05) is 18.5 Å². The van der Waals surface area contributed by atoms with Crippen LogP contribution in [0.5, 0.6) is 0 Å². The summed E-state index contributed by atoms with van der Waals surface area (Å²) in [4.78, 5) is 26.5. The number of nitrogens with zero attached hydrogens (tertiary/aromatic N) is 1. The molecule has 8 nitrogen and oxygen atoms in total. The molecule has 0 saturated heterocycles. The first-order chi connectivity index (χ1) is 18.0. The van der Waals surface area contributed by atoms with Crippen molar-refractivity contribution in [3.8, 4) is 0 Å². The predicted molar refractivity (Wildman–Crippen MR) is 158 cm³/mol. The van der Waals surface area contributed by atoms with Crippen LogP contribution >= 0.6 is 0 Å². The average molecular weight is 584 g/mol. The van der Waals surface area contributed by atoms with Crippen molar-refractivity contribution in [3.05, 3.63) is 41.8 Å². The minimum atomic E-state index is -3.69. The normalized spacial score (nSPS) is 13.8. The number of ether oxygens (including phenoxy) is 2. The van der Waals surface area contributed by atoms with Gasteiger partial charge in [-0.15, -0.1) is 0 Å². The number of esters is 1. The molecule has 0 saturated carbocycles. The van der Waals surface area contributed by atoms with E-state index in [2.05, 4.69) is 41.5 Å². The van der Waals surface area contributed by atoms with E-state index in [1.54, 1.807) is 57.2 Å². The molecule has 0 bridgehead atoms. The molecular formula is C29H49NO7SSi. The zero-order valence-corrected chi connectivity index (χ0v) is 27.2. The van der Waals surface area contributed by atoms with Crippen LogP contribution < -0.4 is 0 Å². The first-order valence-electron chi connectivity index (χ1n) is 13.7. The molecule has 0 aliphatic rings. The third-order valence-electron chi connectivity index (χ3n) is 6.76. The van der Waals surface area contributed by atoms with E-state index in [0.29, 0.717) is 6.42 Å². The highest BCUT2D eigenvalue weighted by molar-refractivity contribution is 7.94. The van der Waals surface area contributed by atoms with E-state index in [9.17, 15) is 18.0 Å². The summed E-state index contributed by atoms with van der Waals surface area (Å²) in [7, 11) is -4.79. The summed E-state index contributed by atoms with van der Waals surface area (Å²) in [6.07, 6.45) is 0.839. The second-order valence-corrected chi connectivity index (χ2v) is 19.0. The zero-order chi connectivity index (χ0) is 30.0. The van der Waals surface area contributed by atoms with E-state index in [-0.39, 0.29) is 41.0 Å². The van der Waals surface area contributed by atoms with Crippen LogP contribution in [0.15, 0.2) is 46.7 Å². The van der Waals surface area contributed by atoms with Gasteiger partial charge in [-0.25, -0.2) is 13.2 Å². The Labute approximate surface area is 237 Å². The van der Waals surface area contributed by atoms with Crippen molar-refractivity contribution < 1.29 is 31.9 Å². The standard InChI is InChI=1S/C29H49NO7SSi/c1-22(2)39(23(3)4,24(5)6)37-25(18-21-38(33,34)26-14-12-11-13-15-26)16-19-30(20-17-27(31)35-10)28(32)36-29(7,8)9/h11-15,18,21-25H,16-17,19-20H2,1-10H3/b21-18+. The number of amides is 1. The summed E-state index contributed by atoms with van der Waals surface area (Å²) in [5.41, 5.74) is 0.121. The van der Waals surface area contributed by atoms with Crippen LogP contribution in [0.3, 0.4) is 0 Å². The Bertz CT molecular complexity index is 1030. The molecule has 0 aromatic heterocycles. The molecule has 1 aromatic carbocycles. The maximum absolute atomic E-state index is 13.1. The van der Waals surface area contributed by atoms with Gasteiger partial charge in [0.1, 0.15) is 5.60 Å². The van der Waals surface area contributed by atoms with E-state index in [4.69, 9.17) is 13.9 Å². The SMILES string of the molecule is COC(=O)CCN(CCC(/C=C/S(=O)(=O)c1ccccc1)O[Si](C(C)C)(C(C)C)C(C)C)C(=O)OC(C)(C)C. The molecule has 0 N–H and O–H groups in total. The van der Waals surface area contributed by atoms with Gasteiger partial charge in [0.2, 0.25) is 8.32 Å². The number of carbonyl (C=O) groups excluding carboxylic acids is 2. The molecule has 0 aliphatic heterocycles. The van der Waals surface area contributed by atoms with E-state index < -0.39 is 41.9 Å². The molecule has 39 heavy (non-hydrogen) atoms. The molecule has 222 valence electrons. The Balaban J connectivity index is 3.39. The third-order valence-corrected chi connectivity index (χ3v) is 14.3. The summed E-state index contributed by atoms with van der Waals surface area (Å²) >= 11 is 0. The lowest BCUT2D eigenvalue weighted by atomic mass is 10.2. The summed E-state index contributed by atoms with van der Waals surface area (Å²) in [5, 5.41) is 1.21. The number of benzene rings is 1. The number of hydrogen-bond acceptors (Lipinski definition) is 7. The Hall–Kier alpha value is -2.17. The Morgan fingerprint density at radius 3 is 1.95 bits per heavy atom. The number of rotatable bonds is 14. The molecule has 1 atom stereocenters. The number of methoxy groups -OCH3 is 1. The van der Waals surface area contributed by atoms with Crippen LogP contribution in [-0.4, -0.2) is 65.6 Å². The van der Waals surface area contributed by atoms with Crippen molar-refractivity contribution >= 4 is 30.2 Å². The lowest BCUT2D eigenvalue weighted by Gasteiger charge is -2.44. The van der Waals surface area contributed by atoms with Gasteiger partial charge in [0.15, 0.2) is 9.84 Å². The van der Waals surface area contributed by atoms with Gasteiger partial charge in [0.05, 0.1) is 24.5 Å². The summed E-state index contributed by atoms with van der Waals surface area (Å²) in [6, 6.07) is 8.25. The molecule has 1 rings (SSSR count). The number of hydrogen-bond donors (Lipinski definition) is 0. The highest BCUT2D eigenvalue weighted by atomic mass is 32.2. The monoisotopic (exact) mass is 583 g/mol. The zero-order valence-electron chi connectivity index (χ0n) is 25.4. The average Bonchev–Trinajstić information content (AvgIpc) is 2.83. The van der Waals surface area contributed by atoms with E-state index >= 15 is 0 Å². The van der Waals surface area contributed by atoms with E-state index in [1.807, 2.05) is 0 Å². The molecule has 1 unspecified atom stereocenters. The minimum Gasteiger partial charge on any atom is -0.469 e. The fourth-order valence-corrected chi connectivity index (χ4v) is 11.6. The first-order valence-corrected chi connectivity index (χ1v) is 17.4. The highest BCUT2D eigenvalue weighted by Gasteiger charge is 2.46. The number of carbonyl (C=O) groups is 2. The summed E-state index contributed by atoms with van der Waals surface area (Å²) in [6.45, 7) is 18.6. The second kappa shape index (κ2) is 15.0. The van der Waals surface area contributed by atoms with Gasteiger partial charge < -0.3 is 18.8 Å². The van der Waals surface area contributed by atoms with Crippen molar-refractivity contribution in [3.63, 3.8) is 0 Å².